The predicted octanol–water partition coefficient (Wildman–Crippen LogP) is 3.49. The van der Waals surface area contributed by atoms with Crippen molar-refractivity contribution < 1.29 is 61.6 Å². The van der Waals surface area contributed by atoms with Crippen LogP contribution in [0.2, 0.25) is 0 Å². The maximum atomic E-state index is 14.5. The van der Waals surface area contributed by atoms with Gasteiger partial charge < -0.3 is 19.7 Å². The van der Waals surface area contributed by atoms with Crippen LogP contribution in [0.5, 0.6) is 0 Å². The van der Waals surface area contributed by atoms with Crippen LogP contribution in [0.1, 0.15) is 62.1 Å². The Bertz CT molecular complexity index is 1500. The number of carboxylic acids is 2. The molecule has 3 rings (SSSR count). The van der Waals surface area contributed by atoms with Crippen LogP contribution in [0.15, 0.2) is 54.6 Å². The smallest absolute Gasteiger partial charge is 0.349 e. The van der Waals surface area contributed by atoms with E-state index in [0.717, 1.165) is 48.5 Å². The molecule has 0 bridgehead atoms. The van der Waals surface area contributed by atoms with Crippen LogP contribution < -0.4 is 0 Å². The molecule has 0 aromatic heterocycles. The third kappa shape index (κ3) is 5.35. The summed E-state index contributed by atoms with van der Waals surface area (Å²) in [5.74, 6) is -14.7. The molecule has 0 heterocycles. The summed E-state index contributed by atoms with van der Waals surface area (Å²) < 4.78 is 51.1. The van der Waals surface area contributed by atoms with E-state index in [0.29, 0.717) is 6.07 Å². The Balaban J connectivity index is 1.92. The van der Waals surface area contributed by atoms with Gasteiger partial charge in [-0.1, -0.05) is 18.2 Å². The molecule has 0 amide bonds. The first-order chi connectivity index (χ1) is 17.4. The number of halogens is 3. The molecule has 3 aromatic rings. The Kier molecular flexibility index (Phi) is 7.47. The van der Waals surface area contributed by atoms with E-state index in [2.05, 4.69) is 9.47 Å². The van der Waals surface area contributed by atoms with Crippen LogP contribution in [0.3, 0.4) is 0 Å². The molecular weight excluding hydrogens is 505 g/mol. The lowest BCUT2D eigenvalue weighted by molar-refractivity contribution is 0.0351. The van der Waals surface area contributed by atoms with E-state index in [1.165, 1.54) is 0 Å². The van der Waals surface area contributed by atoms with Crippen molar-refractivity contribution in [2.24, 2.45) is 0 Å². The molecule has 3 aromatic carbocycles. The summed E-state index contributed by atoms with van der Waals surface area (Å²) in [5.41, 5.74) is -6.21. The first kappa shape index (κ1) is 26.3. The third-order valence-electron chi connectivity index (χ3n) is 4.70. The Labute approximate surface area is 203 Å². The fourth-order valence-corrected chi connectivity index (χ4v) is 3.11. The number of aromatic carboxylic acids is 2. The molecule has 0 aliphatic rings. The SMILES string of the molecule is O=C(OC(=O)c1cccc(F)c1C(=O)OC(=O)c1cccc(F)c1C(=O)O)c1cccc(F)c1C(=O)O. The van der Waals surface area contributed by atoms with Crippen LogP contribution in [0.4, 0.5) is 13.2 Å². The molecule has 0 radical (unpaired) electrons. The van der Waals surface area contributed by atoms with Gasteiger partial charge in [0, 0.05) is 0 Å². The number of ether oxygens (including phenoxy) is 2. The second-order valence-electron chi connectivity index (χ2n) is 6.95. The predicted molar refractivity (Wildman–Crippen MR) is 113 cm³/mol. The Hall–Kier alpha value is -5.33. The summed E-state index contributed by atoms with van der Waals surface area (Å²) in [6.07, 6.45) is 0. The van der Waals surface area contributed by atoms with E-state index in [9.17, 15) is 41.9 Å². The number of hydrogen-bond acceptors (Lipinski definition) is 8. The number of carbonyl (C=O) groups is 6. The average molecular weight is 516 g/mol. The summed E-state index contributed by atoms with van der Waals surface area (Å²) in [4.78, 5) is 72.3. The summed E-state index contributed by atoms with van der Waals surface area (Å²) in [5, 5.41) is 18.2. The first-order valence-electron chi connectivity index (χ1n) is 9.79. The number of hydrogen-bond donors (Lipinski definition) is 2. The summed E-state index contributed by atoms with van der Waals surface area (Å²) in [6, 6.07) is 7.36. The van der Waals surface area contributed by atoms with Crippen LogP contribution in [-0.4, -0.2) is 46.0 Å². The van der Waals surface area contributed by atoms with Crippen LogP contribution in [0.25, 0.3) is 0 Å². The average Bonchev–Trinajstić information content (AvgIpc) is 2.82. The monoisotopic (exact) mass is 516 g/mol. The highest BCUT2D eigenvalue weighted by molar-refractivity contribution is 6.13. The van der Waals surface area contributed by atoms with Crippen molar-refractivity contribution in [1.82, 2.24) is 0 Å². The fourth-order valence-electron chi connectivity index (χ4n) is 3.11. The normalized spacial score (nSPS) is 10.4. The van der Waals surface area contributed by atoms with Crippen molar-refractivity contribution >= 4 is 35.8 Å². The maximum Gasteiger partial charge on any atom is 0.349 e. The molecule has 0 saturated heterocycles. The van der Waals surface area contributed by atoms with Crippen molar-refractivity contribution in [1.29, 1.82) is 0 Å². The molecule has 0 aliphatic heterocycles. The molecule has 10 nitrogen and oxygen atoms in total. The van der Waals surface area contributed by atoms with Gasteiger partial charge in [-0.3, -0.25) is 0 Å². The minimum atomic E-state index is -1.87. The van der Waals surface area contributed by atoms with E-state index in [1.54, 1.807) is 0 Å². The zero-order valence-electron chi connectivity index (χ0n) is 18.0. The van der Waals surface area contributed by atoms with Gasteiger partial charge in [-0.05, 0) is 36.4 Å². The molecule has 0 spiro atoms. The zero-order chi connectivity index (χ0) is 27.4. The van der Waals surface area contributed by atoms with Crippen molar-refractivity contribution in [2.75, 3.05) is 0 Å². The minimum Gasteiger partial charge on any atom is -0.478 e. The van der Waals surface area contributed by atoms with Crippen LogP contribution in [0, 0.1) is 17.5 Å². The Morgan fingerprint density at radius 1 is 0.486 bits per heavy atom. The van der Waals surface area contributed by atoms with Crippen LogP contribution >= 0.6 is 0 Å². The second-order valence-corrected chi connectivity index (χ2v) is 6.95. The fraction of sp³-hybridized carbons (Fsp3) is 0. The van der Waals surface area contributed by atoms with E-state index < -0.39 is 86.6 Å². The van der Waals surface area contributed by atoms with Gasteiger partial charge in [-0.15, -0.1) is 0 Å². The standard InChI is InChI=1S/C24H11F3O10/c25-13-7-1-4-10(16(13)19(28)29)21(32)36-23(34)12-6-3-9-15(27)18(12)24(35)37-22(33)11-5-2-8-14(26)17(11)20(30)31/h1-9H,(H,28,29)(H,30,31). The molecule has 0 saturated carbocycles. The van der Waals surface area contributed by atoms with Crippen LogP contribution in [-0.2, 0) is 9.47 Å². The van der Waals surface area contributed by atoms with Crippen molar-refractivity contribution in [2.45, 2.75) is 0 Å². The summed E-state index contributed by atoms with van der Waals surface area (Å²) in [7, 11) is 0. The topological polar surface area (TPSA) is 161 Å². The van der Waals surface area contributed by atoms with Gasteiger partial charge in [0.15, 0.2) is 0 Å². The maximum absolute atomic E-state index is 14.5. The van der Waals surface area contributed by atoms with Gasteiger partial charge in [0.1, 0.15) is 34.1 Å². The lowest BCUT2D eigenvalue weighted by Gasteiger charge is -2.11. The number of esters is 4. The first-order valence-corrected chi connectivity index (χ1v) is 9.79. The molecule has 13 heteroatoms. The number of carboxylic acid groups (broad SMARTS) is 2. The van der Waals surface area contributed by atoms with E-state index in [-0.39, 0.29) is 0 Å². The lowest BCUT2D eigenvalue weighted by Crippen LogP contribution is -2.22. The number of benzene rings is 3. The quantitative estimate of drug-likeness (QED) is 0.366. The highest BCUT2D eigenvalue weighted by Crippen LogP contribution is 2.21. The Morgan fingerprint density at radius 2 is 0.784 bits per heavy atom. The van der Waals surface area contributed by atoms with E-state index in [1.807, 2.05) is 0 Å². The van der Waals surface area contributed by atoms with Gasteiger partial charge in [-0.25, -0.2) is 41.9 Å². The van der Waals surface area contributed by atoms with Gasteiger partial charge in [-0.2, -0.15) is 0 Å². The largest absolute Gasteiger partial charge is 0.478 e. The van der Waals surface area contributed by atoms with Crippen molar-refractivity contribution in [3.05, 3.63) is 105 Å². The van der Waals surface area contributed by atoms with Crippen molar-refractivity contribution in [3.8, 4) is 0 Å². The van der Waals surface area contributed by atoms with Gasteiger partial charge in [0.25, 0.3) is 0 Å². The molecule has 0 atom stereocenters. The highest BCUT2D eigenvalue weighted by atomic mass is 19.1. The van der Waals surface area contributed by atoms with E-state index in [4.69, 9.17) is 10.2 Å². The molecule has 0 fully saturated rings. The zero-order valence-corrected chi connectivity index (χ0v) is 18.0. The molecule has 0 aliphatic carbocycles. The van der Waals surface area contributed by atoms with Crippen molar-refractivity contribution in [3.63, 3.8) is 0 Å². The van der Waals surface area contributed by atoms with Gasteiger partial charge >= 0.3 is 35.8 Å². The molecular formula is C24H11F3O10. The molecule has 2 N–H and O–H groups in total. The second kappa shape index (κ2) is 10.5. The third-order valence-corrected chi connectivity index (χ3v) is 4.70. The molecule has 0 unspecified atom stereocenters. The molecule has 188 valence electrons. The summed E-state index contributed by atoms with van der Waals surface area (Å²) >= 11 is 0. The highest BCUT2D eigenvalue weighted by Gasteiger charge is 2.30. The number of carbonyl (C=O) groups excluding carboxylic acids is 4. The number of rotatable bonds is 6. The molecule has 37 heavy (non-hydrogen) atoms. The lowest BCUT2D eigenvalue weighted by atomic mass is 10.1. The van der Waals surface area contributed by atoms with Gasteiger partial charge in [0.2, 0.25) is 0 Å². The summed E-state index contributed by atoms with van der Waals surface area (Å²) in [6.45, 7) is 0. The van der Waals surface area contributed by atoms with E-state index >= 15 is 0 Å². The Morgan fingerprint density at radius 3 is 1.14 bits per heavy atom. The van der Waals surface area contributed by atoms with Gasteiger partial charge in [0.05, 0.1) is 16.7 Å². The minimum absolute atomic E-state index is 0.666.